The highest BCUT2D eigenvalue weighted by molar-refractivity contribution is 7.13. The number of thiazole rings is 1. The highest BCUT2D eigenvalue weighted by Gasteiger charge is 2.29. The van der Waals surface area contributed by atoms with E-state index in [4.69, 9.17) is 4.98 Å². The molecule has 2 aromatic heterocycles. The van der Waals surface area contributed by atoms with Crippen molar-refractivity contribution >= 4 is 17.2 Å². The number of halogens is 2. The van der Waals surface area contributed by atoms with Gasteiger partial charge in [0.2, 0.25) is 0 Å². The molecule has 1 atom stereocenters. The van der Waals surface area contributed by atoms with E-state index in [1.807, 2.05) is 20.9 Å². The zero-order valence-corrected chi connectivity index (χ0v) is 27.0. The van der Waals surface area contributed by atoms with Crippen molar-refractivity contribution in [2.45, 2.75) is 73.1 Å². The predicted octanol–water partition coefficient (Wildman–Crippen LogP) is 8.76. The Hall–Kier alpha value is -3.65. The molecule has 0 saturated carbocycles. The number of nitrogens with zero attached hydrogens (tertiary/aromatic N) is 3. The third kappa shape index (κ3) is 6.41. The summed E-state index contributed by atoms with van der Waals surface area (Å²) in [6.45, 7) is 12.0. The first-order valence-electron chi connectivity index (χ1n) is 15.7. The molecule has 1 aliphatic heterocycles. The number of rotatable bonds is 9. The van der Waals surface area contributed by atoms with Gasteiger partial charge in [-0.1, -0.05) is 77.1 Å². The third-order valence-electron chi connectivity index (χ3n) is 8.46. The molecule has 0 unspecified atom stereocenters. The van der Waals surface area contributed by atoms with E-state index in [0.29, 0.717) is 52.8 Å². The Labute approximate surface area is 262 Å². The Morgan fingerprint density at radius 3 is 2.34 bits per heavy atom. The second-order valence-electron chi connectivity index (χ2n) is 12.2. The summed E-state index contributed by atoms with van der Waals surface area (Å²) in [5, 5.41) is 2.34. The number of para-hydroxylation sites is 1. The molecule has 3 heterocycles. The lowest BCUT2D eigenvalue weighted by atomic mass is 9.95. The Morgan fingerprint density at radius 2 is 1.75 bits per heavy atom. The summed E-state index contributed by atoms with van der Waals surface area (Å²) in [7, 11) is 0. The van der Waals surface area contributed by atoms with E-state index >= 15 is 0 Å². The molecule has 1 saturated heterocycles. The van der Waals surface area contributed by atoms with Crippen LogP contribution in [0.5, 0.6) is 0 Å². The number of alkyl halides is 2. The summed E-state index contributed by atoms with van der Waals surface area (Å²) in [5.74, 6) is 0.575. The van der Waals surface area contributed by atoms with Gasteiger partial charge >= 0.3 is 0 Å². The van der Waals surface area contributed by atoms with E-state index in [1.54, 1.807) is 18.2 Å². The van der Waals surface area contributed by atoms with Crippen molar-refractivity contribution in [2.75, 3.05) is 13.1 Å². The van der Waals surface area contributed by atoms with Gasteiger partial charge in [0.1, 0.15) is 5.01 Å². The number of hydrogen-bond acceptors (Lipinski definition) is 4. The van der Waals surface area contributed by atoms with Crippen molar-refractivity contribution in [1.82, 2.24) is 14.5 Å². The molecule has 8 heteroatoms. The molecular weight excluding hydrogens is 576 g/mol. The Balaban J connectivity index is 1.76. The van der Waals surface area contributed by atoms with Crippen molar-refractivity contribution in [3.05, 3.63) is 92.2 Å². The summed E-state index contributed by atoms with van der Waals surface area (Å²) < 4.78 is 28.1. The molecule has 232 valence electrons. The van der Waals surface area contributed by atoms with Crippen LogP contribution in [0.4, 0.5) is 8.78 Å². The first-order valence-corrected chi connectivity index (χ1v) is 16.5. The van der Waals surface area contributed by atoms with Gasteiger partial charge in [-0.25, -0.2) is 13.8 Å². The van der Waals surface area contributed by atoms with Gasteiger partial charge in [0, 0.05) is 35.3 Å². The van der Waals surface area contributed by atoms with Crippen LogP contribution in [0.3, 0.4) is 0 Å². The Morgan fingerprint density at radius 1 is 1.07 bits per heavy atom. The number of carbonyl (C=O) groups excluding carboxylic acids is 1. The Kier molecular flexibility index (Phi) is 9.78. The zero-order valence-electron chi connectivity index (χ0n) is 26.2. The molecule has 0 spiro atoms. The molecule has 1 amide bonds. The van der Waals surface area contributed by atoms with Crippen molar-refractivity contribution in [3.63, 3.8) is 0 Å². The number of likely N-dealkylation sites (tertiary alicyclic amines) is 1. The summed E-state index contributed by atoms with van der Waals surface area (Å²) in [4.78, 5) is 35.8. The SMILES string of the molecule is CCc1cccc(CC)c1-n1c(CC(C)C)c(C(=O)N2CCC[C@@H](C)C2)cc(-c2nc(-c3ccc(C(F)F)cc3)cs2)c1=O. The maximum atomic E-state index is 14.7. The lowest BCUT2D eigenvalue weighted by Crippen LogP contribution is -2.40. The molecule has 0 N–H and O–H groups in total. The number of hydrogen-bond donors (Lipinski definition) is 0. The minimum Gasteiger partial charge on any atom is -0.338 e. The van der Waals surface area contributed by atoms with E-state index in [2.05, 4.69) is 46.8 Å². The molecule has 5 nitrogen and oxygen atoms in total. The number of piperidine rings is 1. The minimum absolute atomic E-state index is 0.0476. The number of amides is 1. The maximum Gasteiger partial charge on any atom is 0.265 e. The van der Waals surface area contributed by atoms with Crippen LogP contribution in [0.15, 0.2) is 58.7 Å². The topological polar surface area (TPSA) is 55.2 Å². The highest BCUT2D eigenvalue weighted by atomic mass is 32.1. The van der Waals surface area contributed by atoms with Gasteiger partial charge in [-0.05, 0) is 61.1 Å². The smallest absolute Gasteiger partial charge is 0.265 e. The molecule has 1 fully saturated rings. The number of benzene rings is 2. The van der Waals surface area contributed by atoms with Crippen molar-refractivity contribution in [1.29, 1.82) is 0 Å². The van der Waals surface area contributed by atoms with Gasteiger partial charge in [-0.3, -0.25) is 14.2 Å². The van der Waals surface area contributed by atoms with Crippen molar-refractivity contribution in [3.8, 4) is 27.5 Å². The van der Waals surface area contributed by atoms with Gasteiger partial charge in [0.25, 0.3) is 17.9 Å². The standard InChI is InChI=1S/C36H41F2N3O2S/c1-6-24-11-8-12-25(7-2)32(24)41-31(18-22(3)4)28(35(42)40-17-9-10-23(5)20-40)19-29(36(41)43)34-39-30(21-44-34)26-13-15-27(16-14-26)33(37)38/h8,11-16,19,21-23,33H,6-7,9-10,17-18,20H2,1-5H3/t23-/m1/s1. The number of aromatic nitrogens is 2. The van der Waals surface area contributed by atoms with Crippen LogP contribution in [0.1, 0.15) is 86.6 Å². The van der Waals surface area contributed by atoms with Gasteiger partial charge in [0.15, 0.2) is 0 Å². The zero-order chi connectivity index (χ0) is 31.5. The van der Waals surface area contributed by atoms with Crippen LogP contribution >= 0.6 is 11.3 Å². The molecule has 0 bridgehead atoms. The molecule has 0 radical (unpaired) electrons. The van der Waals surface area contributed by atoms with Crippen LogP contribution in [0.2, 0.25) is 0 Å². The molecule has 5 rings (SSSR count). The van der Waals surface area contributed by atoms with Gasteiger partial charge in [-0.2, -0.15) is 0 Å². The number of carbonyl (C=O) groups is 1. The molecule has 44 heavy (non-hydrogen) atoms. The predicted molar refractivity (Wildman–Crippen MR) is 175 cm³/mol. The summed E-state index contributed by atoms with van der Waals surface area (Å²) in [6.07, 6.45) is 1.56. The fraction of sp³-hybridized carbons (Fsp3) is 0.417. The van der Waals surface area contributed by atoms with E-state index in [1.165, 1.54) is 23.5 Å². The van der Waals surface area contributed by atoms with Gasteiger partial charge < -0.3 is 4.90 Å². The quantitative estimate of drug-likeness (QED) is 0.189. The molecule has 2 aromatic carbocycles. The fourth-order valence-corrected chi connectivity index (χ4v) is 7.03. The minimum atomic E-state index is -2.55. The Bertz CT molecular complexity index is 1670. The third-order valence-corrected chi connectivity index (χ3v) is 9.34. The summed E-state index contributed by atoms with van der Waals surface area (Å²) >= 11 is 1.32. The normalized spacial score (nSPS) is 15.4. The lowest BCUT2D eigenvalue weighted by Gasteiger charge is -2.32. The lowest BCUT2D eigenvalue weighted by molar-refractivity contribution is 0.0680. The summed E-state index contributed by atoms with van der Waals surface area (Å²) in [6, 6.07) is 14.0. The average molecular weight is 618 g/mol. The number of aryl methyl sites for hydroxylation is 2. The molecule has 0 aliphatic carbocycles. The molecule has 1 aliphatic rings. The van der Waals surface area contributed by atoms with Gasteiger partial charge in [0.05, 0.1) is 22.5 Å². The van der Waals surface area contributed by atoms with E-state index in [9.17, 15) is 18.4 Å². The average Bonchev–Trinajstić information content (AvgIpc) is 3.50. The first-order chi connectivity index (χ1) is 21.1. The van der Waals surface area contributed by atoms with Crippen LogP contribution in [0.25, 0.3) is 27.5 Å². The second-order valence-corrected chi connectivity index (χ2v) is 13.1. The van der Waals surface area contributed by atoms with E-state index < -0.39 is 6.43 Å². The fourth-order valence-electron chi connectivity index (χ4n) is 6.19. The number of pyridine rings is 1. The monoisotopic (exact) mass is 617 g/mol. The molecular formula is C36H41F2N3O2S. The van der Waals surface area contributed by atoms with Gasteiger partial charge in [-0.15, -0.1) is 11.3 Å². The highest BCUT2D eigenvalue weighted by Crippen LogP contribution is 2.33. The maximum absolute atomic E-state index is 14.7. The second kappa shape index (κ2) is 13.6. The van der Waals surface area contributed by atoms with E-state index in [-0.39, 0.29) is 22.9 Å². The van der Waals surface area contributed by atoms with Crippen LogP contribution < -0.4 is 5.56 Å². The van der Waals surface area contributed by atoms with E-state index in [0.717, 1.165) is 48.2 Å². The van der Waals surface area contributed by atoms with Crippen molar-refractivity contribution in [2.24, 2.45) is 11.8 Å². The summed E-state index contributed by atoms with van der Waals surface area (Å²) in [5.41, 5.74) is 5.68. The first kappa shape index (κ1) is 31.8. The largest absolute Gasteiger partial charge is 0.338 e. The van der Waals surface area contributed by atoms with Crippen molar-refractivity contribution < 1.29 is 13.6 Å². The molecule has 4 aromatic rings. The van der Waals surface area contributed by atoms with Crippen LogP contribution in [-0.2, 0) is 19.3 Å². The van der Waals surface area contributed by atoms with Crippen LogP contribution in [-0.4, -0.2) is 33.4 Å². The van der Waals surface area contributed by atoms with Crippen LogP contribution in [0, 0.1) is 11.8 Å².